The van der Waals surface area contributed by atoms with Crippen molar-refractivity contribution in [2.24, 2.45) is 5.92 Å². The Bertz CT molecular complexity index is 265. The minimum absolute atomic E-state index is 0.0342. The van der Waals surface area contributed by atoms with Gasteiger partial charge in [0.1, 0.15) is 0 Å². The normalized spacial score (nSPS) is 30.8. The summed E-state index contributed by atoms with van der Waals surface area (Å²) >= 11 is 5.46. The minimum atomic E-state index is -0.0342. The van der Waals surface area contributed by atoms with E-state index in [0.717, 1.165) is 24.3 Å². The molecule has 1 aliphatic carbocycles. The van der Waals surface area contributed by atoms with Crippen LogP contribution in [0.5, 0.6) is 0 Å². The van der Waals surface area contributed by atoms with Crippen molar-refractivity contribution in [3.8, 4) is 0 Å². The summed E-state index contributed by atoms with van der Waals surface area (Å²) in [4.78, 5) is 3.39. The zero-order valence-corrected chi connectivity index (χ0v) is 14.6. The first kappa shape index (κ1) is 19.0. The van der Waals surface area contributed by atoms with Gasteiger partial charge in [-0.2, -0.15) is 0 Å². The van der Waals surface area contributed by atoms with Crippen LogP contribution in [0.25, 0.3) is 0 Å². The smallest absolute Gasteiger partial charge is 0.0776 e. The molecule has 0 heterocycles. The molecule has 1 nitrogen and oxygen atoms in total. The van der Waals surface area contributed by atoms with Crippen molar-refractivity contribution < 1.29 is 0 Å². The lowest BCUT2D eigenvalue weighted by Crippen LogP contribution is -2.43. The fraction of sp³-hybridized carbons (Fsp3) is 0.938. The maximum atomic E-state index is 6.53. The SMILES string of the molecule is CC.[B]C1(C)CCCCC(N(C)C(=S)CC)C1CC. The Morgan fingerprint density at radius 1 is 1.32 bits per heavy atom. The molecule has 0 aromatic carbocycles. The van der Waals surface area contributed by atoms with E-state index < -0.39 is 0 Å². The van der Waals surface area contributed by atoms with E-state index in [1.807, 2.05) is 13.8 Å². The van der Waals surface area contributed by atoms with Crippen LogP contribution in [0.15, 0.2) is 0 Å². The standard InChI is InChI=1S/C14H26BNS.C2H6/c1-5-11-12(16(4)13(17)6-2)9-7-8-10-14(11,3)15;1-2/h11-12H,5-10H2,1-4H3;1-2H3. The van der Waals surface area contributed by atoms with Crippen molar-refractivity contribution in [3.63, 3.8) is 0 Å². The second-order valence-electron chi connectivity index (χ2n) is 5.69. The topological polar surface area (TPSA) is 3.24 Å². The van der Waals surface area contributed by atoms with E-state index in [1.165, 1.54) is 19.3 Å². The van der Waals surface area contributed by atoms with Gasteiger partial charge < -0.3 is 4.90 Å². The highest BCUT2D eigenvalue weighted by Gasteiger charge is 2.37. The summed E-state index contributed by atoms with van der Waals surface area (Å²) in [5, 5.41) is -0.0342. The fourth-order valence-corrected chi connectivity index (χ4v) is 3.46. The lowest BCUT2D eigenvalue weighted by Gasteiger charge is -2.42. The van der Waals surface area contributed by atoms with Crippen molar-refractivity contribution in [1.29, 1.82) is 0 Å². The minimum Gasteiger partial charge on any atom is -0.366 e. The number of hydrogen-bond acceptors (Lipinski definition) is 1. The lowest BCUT2D eigenvalue weighted by molar-refractivity contribution is 0.203. The molecule has 0 aromatic heterocycles. The van der Waals surface area contributed by atoms with Gasteiger partial charge in [0.05, 0.1) is 12.8 Å². The molecule has 1 aliphatic rings. The van der Waals surface area contributed by atoms with Gasteiger partial charge in [0.25, 0.3) is 0 Å². The van der Waals surface area contributed by atoms with Gasteiger partial charge in [0.15, 0.2) is 0 Å². The molecule has 0 N–H and O–H groups in total. The number of nitrogens with zero attached hydrogens (tertiary/aromatic N) is 1. The zero-order valence-electron chi connectivity index (χ0n) is 13.8. The second-order valence-corrected chi connectivity index (χ2v) is 6.16. The predicted octanol–water partition coefficient (Wildman–Crippen LogP) is 5.00. The van der Waals surface area contributed by atoms with Crippen molar-refractivity contribution in [3.05, 3.63) is 0 Å². The summed E-state index contributed by atoms with van der Waals surface area (Å²) in [6.07, 6.45) is 7.03. The van der Waals surface area contributed by atoms with Gasteiger partial charge in [-0.25, -0.2) is 0 Å². The van der Waals surface area contributed by atoms with Crippen LogP contribution in [0.1, 0.15) is 73.1 Å². The summed E-state index contributed by atoms with van der Waals surface area (Å²) in [7, 11) is 8.69. The molecule has 0 saturated heterocycles. The van der Waals surface area contributed by atoms with Gasteiger partial charge in [-0.1, -0.05) is 77.8 Å². The van der Waals surface area contributed by atoms with Crippen molar-refractivity contribution >= 4 is 25.1 Å². The van der Waals surface area contributed by atoms with Crippen LogP contribution in [0, 0.1) is 5.92 Å². The van der Waals surface area contributed by atoms with E-state index in [0.29, 0.717) is 12.0 Å². The molecule has 110 valence electrons. The molecule has 1 fully saturated rings. The third-order valence-corrected chi connectivity index (χ3v) is 4.99. The molecule has 0 amide bonds. The van der Waals surface area contributed by atoms with Crippen LogP contribution in [-0.2, 0) is 0 Å². The summed E-state index contributed by atoms with van der Waals surface area (Å²) in [6.45, 7) is 10.6. The van der Waals surface area contributed by atoms with Gasteiger partial charge >= 0.3 is 0 Å². The number of thiocarbonyl (C=S) groups is 1. The average molecular weight is 281 g/mol. The third-order valence-electron chi connectivity index (χ3n) is 4.41. The first-order valence-electron chi connectivity index (χ1n) is 7.98. The summed E-state index contributed by atoms with van der Waals surface area (Å²) in [5.41, 5.74) is 0. The van der Waals surface area contributed by atoms with E-state index >= 15 is 0 Å². The molecule has 3 heteroatoms. The van der Waals surface area contributed by atoms with Crippen LogP contribution in [0.3, 0.4) is 0 Å². The number of rotatable bonds is 3. The van der Waals surface area contributed by atoms with Gasteiger partial charge in [-0.3, -0.25) is 0 Å². The van der Waals surface area contributed by atoms with E-state index in [9.17, 15) is 0 Å². The van der Waals surface area contributed by atoms with E-state index in [1.54, 1.807) is 0 Å². The maximum Gasteiger partial charge on any atom is 0.0776 e. The molecule has 2 radical (unpaired) electrons. The van der Waals surface area contributed by atoms with Gasteiger partial charge in [0, 0.05) is 13.1 Å². The Morgan fingerprint density at radius 2 is 1.89 bits per heavy atom. The molecule has 1 saturated carbocycles. The van der Waals surface area contributed by atoms with Crippen LogP contribution in [0.4, 0.5) is 0 Å². The lowest BCUT2D eigenvalue weighted by atomic mass is 9.57. The molecule has 0 aromatic rings. The highest BCUT2D eigenvalue weighted by Crippen LogP contribution is 2.46. The van der Waals surface area contributed by atoms with Gasteiger partial charge in [-0.15, -0.1) is 0 Å². The molecule has 1 rings (SSSR count). The Balaban J connectivity index is 0.00000154. The first-order chi connectivity index (χ1) is 8.94. The third kappa shape index (κ3) is 5.09. The Kier molecular flexibility index (Phi) is 8.97. The molecular weight excluding hydrogens is 249 g/mol. The highest BCUT2D eigenvalue weighted by molar-refractivity contribution is 7.80. The van der Waals surface area contributed by atoms with Crippen LogP contribution >= 0.6 is 12.2 Å². The van der Waals surface area contributed by atoms with Crippen molar-refractivity contribution in [2.75, 3.05) is 7.05 Å². The molecule has 3 unspecified atom stereocenters. The fourth-order valence-electron chi connectivity index (χ4n) is 3.32. The zero-order chi connectivity index (χ0) is 15.1. The van der Waals surface area contributed by atoms with Crippen LogP contribution in [0.2, 0.25) is 5.31 Å². The van der Waals surface area contributed by atoms with Gasteiger partial charge in [-0.05, 0) is 18.8 Å². The van der Waals surface area contributed by atoms with E-state index in [-0.39, 0.29) is 5.31 Å². The molecular formula is C16H32BNS. The predicted molar refractivity (Wildman–Crippen MR) is 92.2 cm³/mol. The summed E-state index contributed by atoms with van der Waals surface area (Å²) < 4.78 is 0. The van der Waals surface area contributed by atoms with Crippen molar-refractivity contribution in [2.45, 2.75) is 84.5 Å². The largest absolute Gasteiger partial charge is 0.366 e. The summed E-state index contributed by atoms with van der Waals surface area (Å²) in [5.74, 6) is 0.555. The van der Waals surface area contributed by atoms with Crippen molar-refractivity contribution in [1.82, 2.24) is 4.90 Å². The summed E-state index contributed by atoms with van der Waals surface area (Å²) in [6, 6.07) is 0.532. The molecule has 0 spiro atoms. The monoisotopic (exact) mass is 281 g/mol. The first-order valence-corrected chi connectivity index (χ1v) is 8.39. The van der Waals surface area contributed by atoms with E-state index in [2.05, 4.69) is 32.7 Å². The quantitative estimate of drug-likeness (QED) is 0.407. The molecule has 3 atom stereocenters. The van der Waals surface area contributed by atoms with E-state index in [4.69, 9.17) is 20.1 Å². The molecule has 19 heavy (non-hydrogen) atoms. The van der Waals surface area contributed by atoms with Crippen LogP contribution < -0.4 is 0 Å². The Morgan fingerprint density at radius 3 is 2.37 bits per heavy atom. The average Bonchev–Trinajstić information content (AvgIpc) is 2.56. The molecule has 0 bridgehead atoms. The maximum absolute atomic E-state index is 6.53. The van der Waals surface area contributed by atoms with Gasteiger partial charge in [0.2, 0.25) is 0 Å². The highest BCUT2D eigenvalue weighted by atomic mass is 32.1. The second kappa shape index (κ2) is 8.99. The number of hydrogen-bond donors (Lipinski definition) is 0. The Hall–Kier alpha value is -0.0451. The molecule has 0 aliphatic heterocycles. The Labute approximate surface area is 127 Å². The van der Waals surface area contributed by atoms with Crippen LogP contribution in [-0.4, -0.2) is 30.8 Å².